The van der Waals surface area contributed by atoms with E-state index in [1.54, 1.807) is 55.7 Å². The number of anilines is 1. The van der Waals surface area contributed by atoms with E-state index in [0.29, 0.717) is 11.4 Å². The predicted octanol–water partition coefficient (Wildman–Crippen LogP) is 1.65. The van der Waals surface area contributed by atoms with Gasteiger partial charge in [0.2, 0.25) is 11.8 Å². The Kier molecular flexibility index (Phi) is 6.81. The van der Waals surface area contributed by atoms with E-state index in [-0.39, 0.29) is 12.5 Å². The molecule has 26 heavy (non-hydrogen) atoms. The number of rotatable bonds is 6. The first-order chi connectivity index (χ1) is 12.4. The van der Waals surface area contributed by atoms with Gasteiger partial charge in [-0.15, -0.1) is 0 Å². The molecule has 0 aliphatic heterocycles. The van der Waals surface area contributed by atoms with E-state index in [4.69, 9.17) is 5.73 Å². The van der Waals surface area contributed by atoms with Gasteiger partial charge in [0.25, 0.3) is 0 Å². The van der Waals surface area contributed by atoms with Gasteiger partial charge in [-0.25, -0.2) is 9.78 Å². The third kappa shape index (κ3) is 5.64. The summed E-state index contributed by atoms with van der Waals surface area (Å²) in [5.74, 6) is -0.569. The molecule has 1 aromatic carbocycles. The molecule has 1 heterocycles. The summed E-state index contributed by atoms with van der Waals surface area (Å²) >= 11 is 3.27. The summed E-state index contributed by atoms with van der Waals surface area (Å²) < 4.78 is 0.792. The van der Waals surface area contributed by atoms with E-state index >= 15 is 0 Å². The number of amides is 4. The second kappa shape index (κ2) is 9.07. The fourth-order valence-electron chi connectivity index (χ4n) is 2.38. The lowest BCUT2D eigenvalue weighted by Crippen LogP contribution is -2.45. The standard InChI is InChI=1S/C17H18BrN5O3/c1-23(10-14(24)21-13-8-7-12(18)9-20-13)15(16(25)22-17(19)26)11-5-3-2-4-6-11/h2-9,15H,10H2,1H3,(H,20,21,24)(H3,19,22,25,26). The summed E-state index contributed by atoms with van der Waals surface area (Å²) in [5.41, 5.74) is 5.67. The Balaban J connectivity index is 2.11. The summed E-state index contributed by atoms with van der Waals surface area (Å²) in [6, 6.07) is 10.4. The largest absolute Gasteiger partial charge is 0.351 e. The number of nitrogens with two attached hydrogens (primary N) is 1. The third-order valence-corrected chi connectivity index (χ3v) is 3.91. The number of hydrogen-bond acceptors (Lipinski definition) is 5. The van der Waals surface area contributed by atoms with Crippen molar-refractivity contribution in [3.05, 3.63) is 58.7 Å². The van der Waals surface area contributed by atoms with Crippen LogP contribution in [0.25, 0.3) is 0 Å². The summed E-state index contributed by atoms with van der Waals surface area (Å²) in [6.07, 6.45) is 1.56. The summed E-state index contributed by atoms with van der Waals surface area (Å²) in [6.45, 7) is -0.0938. The van der Waals surface area contributed by atoms with Crippen molar-refractivity contribution < 1.29 is 14.4 Å². The normalized spacial score (nSPS) is 11.7. The molecule has 1 atom stereocenters. The first kappa shape index (κ1) is 19.5. The predicted molar refractivity (Wildman–Crippen MR) is 100 cm³/mol. The van der Waals surface area contributed by atoms with Crippen LogP contribution in [-0.4, -0.2) is 41.3 Å². The molecule has 1 aromatic heterocycles. The van der Waals surface area contributed by atoms with Gasteiger partial charge in [0.1, 0.15) is 11.9 Å². The van der Waals surface area contributed by atoms with Crippen LogP contribution in [0.15, 0.2) is 53.1 Å². The van der Waals surface area contributed by atoms with Crippen LogP contribution in [0.5, 0.6) is 0 Å². The Morgan fingerprint density at radius 3 is 2.46 bits per heavy atom. The number of pyridine rings is 1. The lowest BCUT2D eigenvalue weighted by molar-refractivity contribution is -0.126. The van der Waals surface area contributed by atoms with Gasteiger partial charge in [-0.1, -0.05) is 30.3 Å². The van der Waals surface area contributed by atoms with Crippen molar-refractivity contribution in [2.24, 2.45) is 5.73 Å². The Hall–Kier alpha value is -2.78. The monoisotopic (exact) mass is 419 g/mol. The molecule has 0 aliphatic carbocycles. The third-order valence-electron chi connectivity index (χ3n) is 3.44. The highest BCUT2D eigenvalue weighted by Gasteiger charge is 2.27. The van der Waals surface area contributed by atoms with E-state index < -0.39 is 18.0 Å². The van der Waals surface area contributed by atoms with Crippen LogP contribution >= 0.6 is 15.9 Å². The minimum Gasteiger partial charge on any atom is -0.351 e. The van der Waals surface area contributed by atoms with Gasteiger partial charge in [0, 0.05) is 10.7 Å². The van der Waals surface area contributed by atoms with Crippen LogP contribution in [0.4, 0.5) is 10.6 Å². The lowest BCUT2D eigenvalue weighted by Gasteiger charge is -2.26. The number of primary amides is 1. The van der Waals surface area contributed by atoms with Crippen LogP contribution in [0.3, 0.4) is 0 Å². The van der Waals surface area contributed by atoms with Gasteiger partial charge in [0.05, 0.1) is 6.54 Å². The highest BCUT2D eigenvalue weighted by molar-refractivity contribution is 9.10. The van der Waals surface area contributed by atoms with Crippen LogP contribution < -0.4 is 16.4 Å². The molecule has 0 spiro atoms. The molecule has 136 valence electrons. The van der Waals surface area contributed by atoms with Gasteiger partial charge in [-0.3, -0.25) is 19.8 Å². The quantitative estimate of drug-likeness (QED) is 0.657. The smallest absolute Gasteiger partial charge is 0.318 e. The minimum absolute atomic E-state index is 0.0938. The first-order valence-corrected chi connectivity index (χ1v) is 8.43. The molecule has 0 fully saturated rings. The SMILES string of the molecule is CN(CC(=O)Nc1ccc(Br)cn1)C(C(=O)NC(N)=O)c1ccccc1. The average Bonchev–Trinajstić information content (AvgIpc) is 2.57. The Labute approximate surface area is 158 Å². The van der Waals surface area contributed by atoms with Gasteiger partial charge < -0.3 is 11.1 Å². The Bertz CT molecular complexity index is 783. The summed E-state index contributed by atoms with van der Waals surface area (Å²) in [5, 5.41) is 4.71. The maximum absolute atomic E-state index is 12.4. The zero-order valence-electron chi connectivity index (χ0n) is 14.0. The van der Waals surface area contributed by atoms with Crippen molar-refractivity contribution in [3.63, 3.8) is 0 Å². The topological polar surface area (TPSA) is 117 Å². The van der Waals surface area contributed by atoms with Gasteiger partial charge in [0.15, 0.2) is 0 Å². The number of halogens is 1. The maximum Gasteiger partial charge on any atom is 0.318 e. The molecule has 4 amide bonds. The van der Waals surface area contributed by atoms with Gasteiger partial charge in [-0.2, -0.15) is 0 Å². The number of benzene rings is 1. The number of nitrogens with zero attached hydrogens (tertiary/aromatic N) is 2. The zero-order chi connectivity index (χ0) is 19.1. The molecule has 0 saturated heterocycles. The van der Waals surface area contributed by atoms with E-state index in [2.05, 4.69) is 31.5 Å². The molecule has 0 saturated carbocycles. The zero-order valence-corrected chi connectivity index (χ0v) is 15.6. The van der Waals surface area contributed by atoms with Crippen molar-refractivity contribution in [2.75, 3.05) is 18.9 Å². The fourth-order valence-corrected chi connectivity index (χ4v) is 2.62. The van der Waals surface area contributed by atoms with Crippen molar-refractivity contribution in [3.8, 4) is 0 Å². The molecule has 9 heteroatoms. The molecule has 2 aromatic rings. The number of nitrogens with one attached hydrogen (secondary N) is 2. The van der Waals surface area contributed by atoms with Crippen LogP contribution in [0, 0.1) is 0 Å². The second-order valence-corrected chi connectivity index (χ2v) is 6.41. The summed E-state index contributed by atoms with van der Waals surface area (Å²) in [4.78, 5) is 41.3. The molecule has 0 aliphatic rings. The molecule has 1 unspecified atom stereocenters. The number of aromatic nitrogens is 1. The Morgan fingerprint density at radius 1 is 1.19 bits per heavy atom. The van der Waals surface area contributed by atoms with Crippen molar-refractivity contribution in [1.82, 2.24) is 15.2 Å². The molecule has 2 rings (SSSR count). The molecule has 4 N–H and O–H groups in total. The average molecular weight is 420 g/mol. The number of carbonyl (C=O) groups is 3. The van der Waals surface area contributed by atoms with Gasteiger partial charge >= 0.3 is 6.03 Å². The molecular weight excluding hydrogens is 402 g/mol. The number of urea groups is 1. The number of imide groups is 1. The van der Waals surface area contributed by atoms with E-state index in [9.17, 15) is 14.4 Å². The van der Waals surface area contributed by atoms with Crippen LogP contribution in [-0.2, 0) is 9.59 Å². The number of hydrogen-bond donors (Lipinski definition) is 3. The van der Waals surface area contributed by atoms with Crippen molar-refractivity contribution in [1.29, 1.82) is 0 Å². The minimum atomic E-state index is -0.951. The van der Waals surface area contributed by atoms with E-state index in [0.717, 1.165) is 4.47 Å². The number of carbonyl (C=O) groups excluding carboxylic acids is 3. The second-order valence-electron chi connectivity index (χ2n) is 5.49. The molecule has 8 nitrogen and oxygen atoms in total. The van der Waals surface area contributed by atoms with E-state index in [1.807, 2.05) is 0 Å². The number of likely N-dealkylation sites (N-methyl/N-ethyl adjacent to an activating group) is 1. The van der Waals surface area contributed by atoms with Crippen molar-refractivity contribution >= 4 is 39.6 Å². The summed E-state index contributed by atoms with van der Waals surface area (Å²) in [7, 11) is 1.60. The molecule has 0 bridgehead atoms. The van der Waals surface area contributed by atoms with Crippen molar-refractivity contribution in [2.45, 2.75) is 6.04 Å². The molecule has 0 radical (unpaired) electrons. The lowest BCUT2D eigenvalue weighted by atomic mass is 10.0. The maximum atomic E-state index is 12.4. The van der Waals surface area contributed by atoms with E-state index in [1.165, 1.54) is 4.90 Å². The highest BCUT2D eigenvalue weighted by atomic mass is 79.9. The van der Waals surface area contributed by atoms with Crippen LogP contribution in [0.2, 0.25) is 0 Å². The molecular formula is C17H18BrN5O3. The Morgan fingerprint density at radius 2 is 1.88 bits per heavy atom. The van der Waals surface area contributed by atoms with Gasteiger partial charge in [-0.05, 0) is 40.7 Å². The first-order valence-electron chi connectivity index (χ1n) is 7.63. The van der Waals surface area contributed by atoms with Crippen LogP contribution in [0.1, 0.15) is 11.6 Å². The highest BCUT2D eigenvalue weighted by Crippen LogP contribution is 2.19. The fraction of sp³-hybridized carbons (Fsp3) is 0.176.